The number of aromatic nitrogens is 3. The van der Waals surface area contributed by atoms with Crippen molar-refractivity contribution in [2.24, 2.45) is 0 Å². The number of fused-ring (bicyclic) bond motifs is 1. The topological polar surface area (TPSA) is 85.9 Å². The highest BCUT2D eigenvalue weighted by Gasteiger charge is 2.30. The van der Waals surface area contributed by atoms with E-state index < -0.39 is 0 Å². The van der Waals surface area contributed by atoms with Gasteiger partial charge in [0.15, 0.2) is 0 Å². The van der Waals surface area contributed by atoms with Crippen LogP contribution in [0.15, 0.2) is 59.9 Å². The Morgan fingerprint density at radius 2 is 1.97 bits per heavy atom. The van der Waals surface area contributed by atoms with E-state index in [1.807, 2.05) is 24.5 Å². The summed E-state index contributed by atoms with van der Waals surface area (Å²) in [5.74, 6) is 0. The first kappa shape index (κ1) is 18.6. The van der Waals surface area contributed by atoms with Crippen molar-refractivity contribution in [3.63, 3.8) is 0 Å². The van der Waals surface area contributed by atoms with Gasteiger partial charge in [0, 0.05) is 41.0 Å². The number of aliphatic hydroxyl groups excluding tert-OH is 1. The molecule has 4 aromatic rings. The molecule has 0 atom stereocenters. The van der Waals surface area contributed by atoms with Crippen LogP contribution in [-0.2, 0) is 6.61 Å². The molecule has 1 aliphatic rings. The summed E-state index contributed by atoms with van der Waals surface area (Å²) in [5, 5.41) is 15.1. The zero-order valence-corrected chi connectivity index (χ0v) is 17.3. The second-order valence-electron chi connectivity index (χ2n) is 7.12. The van der Waals surface area contributed by atoms with Crippen molar-refractivity contribution in [3.8, 4) is 10.6 Å². The van der Waals surface area contributed by atoms with Gasteiger partial charge in [-0.1, -0.05) is 18.2 Å². The molecule has 1 fully saturated rings. The van der Waals surface area contributed by atoms with E-state index in [0.717, 1.165) is 45.0 Å². The third-order valence-corrected chi connectivity index (χ3v) is 7.07. The Labute approximate surface area is 176 Å². The zero-order chi connectivity index (χ0) is 19.6. The molecule has 0 aliphatic heterocycles. The van der Waals surface area contributed by atoms with E-state index in [-0.39, 0.29) is 6.61 Å². The quantitative estimate of drug-likeness (QED) is 0.329. The molecule has 6 nitrogen and oxygen atoms in total. The lowest BCUT2D eigenvalue weighted by molar-refractivity contribution is 0.285. The number of H-pyrrole nitrogens is 1. The van der Waals surface area contributed by atoms with Crippen molar-refractivity contribution in [2.75, 3.05) is 5.32 Å². The summed E-state index contributed by atoms with van der Waals surface area (Å²) in [7, 11) is 0. The summed E-state index contributed by atoms with van der Waals surface area (Å²) in [6, 6.07) is 13.3. The van der Waals surface area contributed by atoms with Crippen LogP contribution in [-0.4, -0.2) is 32.1 Å². The first-order valence-electron chi connectivity index (χ1n) is 9.56. The summed E-state index contributed by atoms with van der Waals surface area (Å²) < 4.78 is 3.56. The number of benzene rings is 1. The Kier molecular flexibility index (Phi) is 5.24. The van der Waals surface area contributed by atoms with Crippen LogP contribution in [0.4, 0.5) is 5.69 Å². The third kappa shape index (κ3) is 3.89. The van der Waals surface area contributed by atoms with Crippen LogP contribution in [0.5, 0.6) is 0 Å². The largest absolute Gasteiger partial charge is 0.391 e. The molecule has 0 radical (unpaired) electrons. The smallest absolute Gasteiger partial charge is 0.139 e. The molecule has 1 saturated carbocycles. The van der Waals surface area contributed by atoms with Gasteiger partial charge in [-0.05, 0) is 43.0 Å². The van der Waals surface area contributed by atoms with E-state index in [4.69, 9.17) is 0 Å². The van der Waals surface area contributed by atoms with Gasteiger partial charge in [-0.2, -0.15) is 0 Å². The highest BCUT2D eigenvalue weighted by Crippen LogP contribution is 2.38. The first-order valence-corrected chi connectivity index (χ1v) is 11.2. The fourth-order valence-electron chi connectivity index (χ4n) is 3.51. The Balaban J connectivity index is 1.30. The molecule has 1 aromatic carbocycles. The van der Waals surface area contributed by atoms with Crippen molar-refractivity contribution in [1.82, 2.24) is 19.7 Å². The number of thiazole rings is 1. The summed E-state index contributed by atoms with van der Waals surface area (Å²) in [4.78, 5) is 14.3. The maximum absolute atomic E-state index is 9.39. The fourth-order valence-corrected chi connectivity index (χ4v) is 5.08. The molecule has 5 rings (SSSR count). The molecule has 4 N–H and O–H groups in total. The van der Waals surface area contributed by atoms with Crippen LogP contribution in [0.25, 0.3) is 21.6 Å². The lowest BCUT2D eigenvalue weighted by Gasteiger charge is -2.37. The lowest BCUT2D eigenvalue weighted by Crippen LogP contribution is -2.45. The highest BCUT2D eigenvalue weighted by atomic mass is 32.2. The molecule has 0 bridgehead atoms. The van der Waals surface area contributed by atoms with Crippen LogP contribution in [0.3, 0.4) is 0 Å². The maximum Gasteiger partial charge on any atom is 0.139 e. The standard InChI is InChI=1S/C21H21N5OS2/c27-12-16-10-24-21(28-16)18-11-23-20-17(6-7-22-20)19(18)25-13-8-14(9-13)26-29-15-4-2-1-3-5-15/h1-7,10-11,13-14,26-27H,8-9,12H2,(H2,22,23,25). The zero-order valence-electron chi connectivity index (χ0n) is 15.6. The molecule has 148 valence electrons. The maximum atomic E-state index is 9.39. The van der Waals surface area contributed by atoms with E-state index in [1.54, 1.807) is 18.1 Å². The van der Waals surface area contributed by atoms with Gasteiger partial charge in [0.25, 0.3) is 0 Å². The lowest BCUT2D eigenvalue weighted by atomic mass is 9.87. The number of hydrogen-bond donors (Lipinski definition) is 4. The van der Waals surface area contributed by atoms with Crippen molar-refractivity contribution < 1.29 is 5.11 Å². The molecule has 1 aliphatic carbocycles. The number of aromatic amines is 1. The number of nitrogens with one attached hydrogen (secondary N) is 3. The van der Waals surface area contributed by atoms with E-state index >= 15 is 0 Å². The molecule has 3 heterocycles. The fraction of sp³-hybridized carbons (Fsp3) is 0.238. The number of pyridine rings is 1. The van der Waals surface area contributed by atoms with E-state index in [2.05, 4.69) is 49.3 Å². The number of hydrogen-bond acceptors (Lipinski definition) is 7. The Morgan fingerprint density at radius 1 is 1.10 bits per heavy atom. The van der Waals surface area contributed by atoms with Crippen LogP contribution >= 0.6 is 23.3 Å². The molecule has 0 saturated heterocycles. The van der Waals surface area contributed by atoms with Gasteiger partial charge in [-0.3, -0.25) is 4.72 Å². The van der Waals surface area contributed by atoms with E-state index in [0.29, 0.717) is 12.1 Å². The third-order valence-electron chi connectivity index (χ3n) is 5.10. The predicted molar refractivity (Wildman–Crippen MR) is 119 cm³/mol. The van der Waals surface area contributed by atoms with Gasteiger partial charge >= 0.3 is 0 Å². The molecule has 3 aromatic heterocycles. The normalized spacial score (nSPS) is 18.7. The summed E-state index contributed by atoms with van der Waals surface area (Å²) >= 11 is 3.20. The first-order chi connectivity index (χ1) is 14.3. The van der Waals surface area contributed by atoms with Crippen molar-refractivity contribution in [1.29, 1.82) is 0 Å². The summed E-state index contributed by atoms with van der Waals surface area (Å²) in [6.45, 7) is 0.00924. The van der Waals surface area contributed by atoms with Crippen LogP contribution < -0.4 is 10.0 Å². The molecule has 29 heavy (non-hydrogen) atoms. The Morgan fingerprint density at radius 3 is 2.76 bits per heavy atom. The minimum Gasteiger partial charge on any atom is -0.391 e. The SMILES string of the molecule is OCc1cnc(-c2cnc3[nH]ccc3c2NC2CC(NSc3ccccc3)C2)s1. The van der Waals surface area contributed by atoms with Gasteiger partial charge < -0.3 is 15.4 Å². The van der Waals surface area contributed by atoms with Gasteiger partial charge in [0.2, 0.25) is 0 Å². The van der Waals surface area contributed by atoms with Gasteiger partial charge in [-0.15, -0.1) is 11.3 Å². The molecule has 0 spiro atoms. The highest BCUT2D eigenvalue weighted by molar-refractivity contribution is 7.97. The molecular weight excluding hydrogens is 402 g/mol. The van der Waals surface area contributed by atoms with E-state index in [9.17, 15) is 5.11 Å². The van der Waals surface area contributed by atoms with Crippen LogP contribution in [0.1, 0.15) is 17.7 Å². The van der Waals surface area contributed by atoms with Crippen molar-refractivity contribution in [2.45, 2.75) is 36.4 Å². The van der Waals surface area contributed by atoms with Gasteiger partial charge in [0.1, 0.15) is 10.7 Å². The predicted octanol–water partition coefficient (Wildman–Crippen LogP) is 4.42. The second-order valence-corrected chi connectivity index (χ2v) is 9.15. The average molecular weight is 424 g/mol. The van der Waals surface area contributed by atoms with Crippen LogP contribution in [0, 0.1) is 0 Å². The van der Waals surface area contributed by atoms with Crippen molar-refractivity contribution in [3.05, 3.63) is 59.9 Å². The molecule has 0 amide bonds. The second kappa shape index (κ2) is 8.16. The Hall–Kier alpha value is -2.39. The number of rotatable bonds is 7. The number of nitrogens with zero attached hydrogens (tertiary/aromatic N) is 2. The van der Waals surface area contributed by atoms with Crippen molar-refractivity contribution >= 4 is 40.0 Å². The van der Waals surface area contributed by atoms with Crippen LogP contribution in [0.2, 0.25) is 0 Å². The molecule has 8 heteroatoms. The summed E-state index contributed by atoms with van der Waals surface area (Å²) in [5.41, 5.74) is 2.91. The van der Waals surface area contributed by atoms with E-state index in [1.165, 1.54) is 16.2 Å². The minimum atomic E-state index is 0.00924. The number of anilines is 1. The Bertz CT molecular complexity index is 1100. The number of aliphatic hydroxyl groups is 1. The van der Waals surface area contributed by atoms with Gasteiger partial charge in [-0.25, -0.2) is 9.97 Å². The molecular formula is C21H21N5OS2. The average Bonchev–Trinajstić information content (AvgIpc) is 3.39. The summed E-state index contributed by atoms with van der Waals surface area (Å²) in [6.07, 6.45) is 7.63. The minimum absolute atomic E-state index is 0.00924. The monoisotopic (exact) mass is 423 g/mol. The molecule has 0 unspecified atom stereocenters. The van der Waals surface area contributed by atoms with Gasteiger partial charge in [0.05, 0.1) is 22.7 Å².